The van der Waals surface area contributed by atoms with Crippen LogP contribution < -0.4 is 10.1 Å². The van der Waals surface area contributed by atoms with Crippen molar-refractivity contribution in [3.8, 4) is 5.75 Å². The molecule has 1 aliphatic rings. The van der Waals surface area contributed by atoms with Gasteiger partial charge in [0.15, 0.2) is 0 Å². The average Bonchev–Trinajstić information content (AvgIpc) is 2.71. The Balaban J connectivity index is 1.70. The molecule has 144 valence electrons. The fourth-order valence-corrected chi connectivity index (χ4v) is 3.49. The Morgan fingerprint density at radius 1 is 1.19 bits per heavy atom. The van der Waals surface area contributed by atoms with E-state index in [0.717, 1.165) is 24.4 Å². The smallest absolute Gasteiger partial charge is 0.251 e. The molecular formula is C21H25ClN2O3. The van der Waals surface area contributed by atoms with E-state index in [1.54, 1.807) is 12.1 Å². The quantitative estimate of drug-likeness (QED) is 0.788. The number of amides is 1. The molecule has 1 saturated heterocycles. The molecule has 0 saturated carbocycles. The van der Waals surface area contributed by atoms with E-state index in [1.165, 1.54) is 0 Å². The Kier molecular flexibility index (Phi) is 7.10. The van der Waals surface area contributed by atoms with E-state index >= 15 is 0 Å². The number of nitrogens with one attached hydrogen (secondary N) is 1. The van der Waals surface area contributed by atoms with Crippen LogP contribution in [-0.4, -0.2) is 50.3 Å². The summed E-state index contributed by atoms with van der Waals surface area (Å²) in [5.74, 6) is 0.652. The summed E-state index contributed by atoms with van der Waals surface area (Å²) in [6.45, 7) is 6.02. The molecule has 2 aromatic carbocycles. The molecule has 5 nitrogen and oxygen atoms in total. The number of benzene rings is 2. The van der Waals surface area contributed by atoms with Crippen molar-refractivity contribution in [2.45, 2.75) is 13.0 Å². The Morgan fingerprint density at radius 3 is 2.56 bits per heavy atom. The van der Waals surface area contributed by atoms with Gasteiger partial charge in [0.2, 0.25) is 0 Å². The van der Waals surface area contributed by atoms with Crippen LogP contribution in [0.4, 0.5) is 0 Å². The maximum Gasteiger partial charge on any atom is 0.251 e. The highest BCUT2D eigenvalue weighted by Gasteiger charge is 2.25. The molecule has 6 heteroatoms. The number of morpholine rings is 1. The lowest BCUT2D eigenvalue weighted by molar-refractivity contribution is 0.0162. The van der Waals surface area contributed by atoms with Gasteiger partial charge in [0, 0.05) is 30.2 Å². The third-order valence-corrected chi connectivity index (χ3v) is 4.98. The van der Waals surface area contributed by atoms with Crippen molar-refractivity contribution in [2.75, 3.05) is 39.5 Å². The van der Waals surface area contributed by atoms with Crippen molar-refractivity contribution in [1.29, 1.82) is 0 Å². The standard InChI is InChI=1S/C21H25ClN2O3/c1-2-27-17-9-7-16(8-10-17)21(25)23-15-20(24-11-13-26-14-12-24)18-5-3-4-6-19(18)22/h3-10,20H,2,11-15H2,1H3,(H,23,25)/t20-/m0/s1. The number of ether oxygens (including phenoxy) is 2. The van der Waals surface area contributed by atoms with E-state index in [2.05, 4.69) is 10.2 Å². The summed E-state index contributed by atoms with van der Waals surface area (Å²) in [5.41, 5.74) is 1.63. The highest BCUT2D eigenvalue weighted by molar-refractivity contribution is 6.31. The maximum absolute atomic E-state index is 12.6. The van der Waals surface area contributed by atoms with Crippen LogP contribution in [0, 0.1) is 0 Å². The zero-order valence-electron chi connectivity index (χ0n) is 15.5. The lowest BCUT2D eigenvalue weighted by atomic mass is 10.0. The molecule has 0 unspecified atom stereocenters. The van der Waals surface area contributed by atoms with E-state index in [0.29, 0.717) is 37.0 Å². The number of carbonyl (C=O) groups is 1. The minimum atomic E-state index is -0.108. The van der Waals surface area contributed by atoms with Crippen LogP contribution in [0.15, 0.2) is 48.5 Å². The van der Waals surface area contributed by atoms with Crippen molar-refractivity contribution < 1.29 is 14.3 Å². The third-order valence-electron chi connectivity index (χ3n) is 4.63. The lowest BCUT2D eigenvalue weighted by Gasteiger charge is -2.35. The molecule has 3 rings (SSSR count). The van der Waals surface area contributed by atoms with Gasteiger partial charge in [-0.3, -0.25) is 9.69 Å². The van der Waals surface area contributed by atoms with Gasteiger partial charge < -0.3 is 14.8 Å². The first kappa shape index (κ1) is 19.7. The van der Waals surface area contributed by atoms with Gasteiger partial charge in [0.1, 0.15) is 5.75 Å². The predicted octanol–water partition coefficient (Wildman–Crippen LogP) is 3.54. The van der Waals surface area contributed by atoms with Crippen LogP contribution in [-0.2, 0) is 4.74 Å². The first-order valence-corrected chi connectivity index (χ1v) is 9.64. The molecule has 1 amide bonds. The average molecular weight is 389 g/mol. The molecule has 1 atom stereocenters. The Labute approximate surface area is 165 Å². The first-order chi connectivity index (χ1) is 13.2. The minimum Gasteiger partial charge on any atom is -0.494 e. The van der Waals surface area contributed by atoms with Gasteiger partial charge >= 0.3 is 0 Å². The van der Waals surface area contributed by atoms with Crippen LogP contribution in [0.2, 0.25) is 5.02 Å². The van der Waals surface area contributed by atoms with Crippen LogP contribution >= 0.6 is 11.6 Å². The molecule has 0 spiro atoms. The number of halogens is 1. The van der Waals surface area contributed by atoms with Gasteiger partial charge in [-0.15, -0.1) is 0 Å². The van der Waals surface area contributed by atoms with Gasteiger partial charge in [-0.1, -0.05) is 29.8 Å². The molecule has 1 aliphatic heterocycles. The second-order valence-corrected chi connectivity index (χ2v) is 6.76. The SMILES string of the molecule is CCOc1ccc(C(=O)NC[C@@H](c2ccccc2Cl)N2CCOCC2)cc1. The van der Waals surface area contributed by atoms with Crippen LogP contribution in [0.1, 0.15) is 28.9 Å². The van der Waals surface area contributed by atoms with Gasteiger partial charge in [-0.25, -0.2) is 0 Å². The maximum atomic E-state index is 12.6. The summed E-state index contributed by atoms with van der Waals surface area (Å²) >= 11 is 6.43. The van der Waals surface area contributed by atoms with Crippen molar-refractivity contribution in [1.82, 2.24) is 10.2 Å². The highest BCUT2D eigenvalue weighted by Crippen LogP contribution is 2.28. The second kappa shape index (κ2) is 9.74. The molecule has 1 N–H and O–H groups in total. The van der Waals surface area contributed by atoms with Crippen molar-refractivity contribution >= 4 is 17.5 Å². The largest absolute Gasteiger partial charge is 0.494 e. The second-order valence-electron chi connectivity index (χ2n) is 6.35. The molecule has 0 bridgehead atoms. The molecule has 27 heavy (non-hydrogen) atoms. The van der Waals surface area contributed by atoms with Crippen molar-refractivity contribution in [3.05, 3.63) is 64.7 Å². The summed E-state index contributed by atoms with van der Waals surface area (Å²) in [4.78, 5) is 14.9. The van der Waals surface area contributed by atoms with Crippen LogP contribution in [0.3, 0.4) is 0 Å². The zero-order valence-corrected chi connectivity index (χ0v) is 16.2. The van der Waals surface area contributed by atoms with Crippen molar-refractivity contribution in [2.24, 2.45) is 0 Å². The first-order valence-electron chi connectivity index (χ1n) is 9.26. The number of carbonyl (C=O) groups excluding carboxylic acids is 1. The molecule has 0 aliphatic carbocycles. The van der Waals surface area contributed by atoms with Gasteiger partial charge in [-0.05, 0) is 42.8 Å². The fraction of sp³-hybridized carbons (Fsp3) is 0.381. The number of rotatable bonds is 7. The number of hydrogen-bond donors (Lipinski definition) is 1. The van der Waals surface area contributed by atoms with E-state index in [-0.39, 0.29) is 11.9 Å². The normalized spacial score (nSPS) is 15.9. The van der Waals surface area contributed by atoms with E-state index in [4.69, 9.17) is 21.1 Å². The number of hydrogen-bond acceptors (Lipinski definition) is 4. The van der Waals surface area contributed by atoms with E-state index in [9.17, 15) is 4.79 Å². The van der Waals surface area contributed by atoms with E-state index in [1.807, 2.05) is 43.3 Å². The molecule has 1 heterocycles. The summed E-state index contributed by atoms with van der Waals surface area (Å²) in [7, 11) is 0. The van der Waals surface area contributed by atoms with Crippen LogP contribution in [0.5, 0.6) is 5.75 Å². The van der Waals surface area contributed by atoms with Gasteiger partial charge in [0.05, 0.1) is 25.9 Å². The van der Waals surface area contributed by atoms with Gasteiger partial charge in [0.25, 0.3) is 5.91 Å². The Hall–Kier alpha value is -2.08. The predicted molar refractivity (Wildman–Crippen MR) is 107 cm³/mol. The summed E-state index contributed by atoms with van der Waals surface area (Å²) < 4.78 is 10.9. The number of nitrogens with zero attached hydrogens (tertiary/aromatic N) is 1. The van der Waals surface area contributed by atoms with Gasteiger partial charge in [-0.2, -0.15) is 0 Å². The van der Waals surface area contributed by atoms with Crippen LogP contribution in [0.25, 0.3) is 0 Å². The fourth-order valence-electron chi connectivity index (χ4n) is 3.23. The molecule has 2 aromatic rings. The lowest BCUT2D eigenvalue weighted by Crippen LogP contribution is -2.44. The summed E-state index contributed by atoms with van der Waals surface area (Å²) in [6.07, 6.45) is 0. The molecular weight excluding hydrogens is 364 g/mol. The summed E-state index contributed by atoms with van der Waals surface area (Å²) in [5, 5.41) is 3.76. The molecule has 0 radical (unpaired) electrons. The Morgan fingerprint density at radius 2 is 1.89 bits per heavy atom. The highest BCUT2D eigenvalue weighted by atomic mass is 35.5. The monoisotopic (exact) mass is 388 g/mol. The van der Waals surface area contributed by atoms with E-state index < -0.39 is 0 Å². The minimum absolute atomic E-state index is 0.00856. The zero-order chi connectivity index (χ0) is 19.1. The molecule has 0 aromatic heterocycles. The third kappa shape index (κ3) is 5.22. The summed E-state index contributed by atoms with van der Waals surface area (Å²) in [6, 6.07) is 15.0. The molecule has 1 fully saturated rings. The van der Waals surface area contributed by atoms with Crippen molar-refractivity contribution in [3.63, 3.8) is 0 Å². The Bertz CT molecular complexity index is 745. The topological polar surface area (TPSA) is 50.8 Å².